The Morgan fingerprint density at radius 2 is 2.10 bits per heavy atom. The summed E-state index contributed by atoms with van der Waals surface area (Å²) in [5, 5.41) is 10.9. The van der Waals surface area contributed by atoms with Crippen LogP contribution in [0.1, 0.15) is 28.8 Å². The number of hydrogen-bond acceptors (Lipinski definition) is 6. The van der Waals surface area contributed by atoms with Gasteiger partial charge in [0.1, 0.15) is 11.8 Å². The third kappa shape index (κ3) is 3.05. The number of benzene rings is 1. The quantitative estimate of drug-likeness (QED) is 0.392. The zero-order valence-electron chi connectivity index (χ0n) is 11.1. The molecule has 0 aliphatic carbocycles. The molecule has 20 heavy (non-hydrogen) atoms. The van der Waals surface area contributed by atoms with E-state index < -0.39 is 10.9 Å². The van der Waals surface area contributed by atoms with E-state index in [1.807, 2.05) is 0 Å². The van der Waals surface area contributed by atoms with Crippen molar-refractivity contribution in [3.63, 3.8) is 0 Å². The second-order valence-electron chi connectivity index (χ2n) is 4.72. The lowest BCUT2D eigenvalue weighted by molar-refractivity contribution is -0.384. The summed E-state index contributed by atoms with van der Waals surface area (Å²) in [6.45, 7) is 2.75. The molecule has 1 saturated heterocycles. The van der Waals surface area contributed by atoms with Gasteiger partial charge in [-0.3, -0.25) is 10.1 Å². The number of nitrogens with two attached hydrogens (primary N) is 1. The van der Waals surface area contributed by atoms with Gasteiger partial charge in [-0.1, -0.05) is 0 Å². The maximum atomic E-state index is 12.1. The third-order valence-electron chi connectivity index (χ3n) is 3.16. The van der Waals surface area contributed by atoms with E-state index in [2.05, 4.69) is 0 Å². The molecule has 2 rings (SSSR count). The van der Waals surface area contributed by atoms with Crippen molar-refractivity contribution in [2.24, 2.45) is 0 Å². The topological polar surface area (TPSA) is 105 Å². The summed E-state index contributed by atoms with van der Waals surface area (Å²) in [6, 6.07) is 2.84. The van der Waals surface area contributed by atoms with Crippen LogP contribution in [0.2, 0.25) is 0 Å². The fourth-order valence-corrected chi connectivity index (χ4v) is 2.11. The van der Waals surface area contributed by atoms with E-state index in [9.17, 15) is 14.9 Å². The Hall–Kier alpha value is -2.15. The van der Waals surface area contributed by atoms with Crippen LogP contribution in [0, 0.1) is 17.0 Å². The van der Waals surface area contributed by atoms with Crippen LogP contribution < -0.4 is 5.73 Å². The summed E-state index contributed by atoms with van der Waals surface area (Å²) in [5.41, 5.74) is 5.90. The van der Waals surface area contributed by atoms with Crippen molar-refractivity contribution < 1.29 is 19.2 Å². The van der Waals surface area contributed by atoms with Gasteiger partial charge in [0.2, 0.25) is 0 Å². The maximum absolute atomic E-state index is 12.1. The number of nitro groups is 1. The zero-order chi connectivity index (χ0) is 14.7. The number of nitrogen functional groups attached to an aromatic ring is 1. The summed E-state index contributed by atoms with van der Waals surface area (Å²) in [5.74, 6) is -0.624. The second-order valence-corrected chi connectivity index (χ2v) is 4.72. The fraction of sp³-hybridized carbons (Fsp3) is 0.462. The van der Waals surface area contributed by atoms with E-state index in [1.54, 1.807) is 6.92 Å². The number of carbonyl (C=O) groups is 1. The first-order chi connectivity index (χ1) is 9.49. The maximum Gasteiger partial charge on any atom is 0.340 e. The smallest absolute Gasteiger partial charge is 0.340 e. The molecule has 1 fully saturated rings. The fourth-order valence-electron chi connectivity index (χ4n) is 2.11. The highest BCUT2D eigenvalue weighted by Gasteiger charge is 2.24. The SMILES string of the molecule is Cc1cc(C(=O)OC2CCOCC2)c(N)c([N+](=O)[O-])c1. The third-order valence-corrected chi connectivity index (χ3v) is 3.16. The molecule has 1 aliphatic heterocycles. The van der Waals surface area contributed by atoms with E-state index in [1.165, 1.54) is 12.1 Å². The molecule has 1 aliphatic rings. The number of carbonyl (C=O) groups excluding carboxylic acids is 1. The van der Waals surface area contributed by atoms with Crippen LogP contribution in [-0.2, 0) is 9.47 Å². The lowest BCUT2D eigenvalue weighted by atomic mass is 10.1. The van der Waals surface area contributed by atoms with Crippen LogP contribution in [0.3, 0.4) is 0 Å². The number of hydrogen-bond donors (Lipinski definition) is 1. The normalized spacial score (nSPS) is 15.8. The summed E-state index contributed by atoms with van der Waals surface area (Å²) < 4.78 is 10.5. The molecular weight excluding hydrogens is 264 g/mol. The summed E-state index contributed by atoms with van der Waals surface area (Å²) in [4.78, 5) is 22.4. The molecule has 108 valence electrons. The van der Waals surface area contributed by atoms with Crippen molar-refractivity contribution in [1.29, 1.82) is 0 Å². The number of nitrogens with zero attached hydrogens (tertiary/aromatic N) is 1. The van der Waals surface area contributed by atoms with Crippen molar-refractivity contribution in [2.75, 3.05) is 18.9 Å². The van der Waals surface area contributed by atoms with Gasteiger partial charge in [-0.25, -0.2) is 4.79 Å². The summed E-state index contributed by atoms with van der Waals surface area (Å²) >= 11 is 0. The highest BCUT2D eigenvalue weighted by atomic mass is 16.6. The number of aryl methyl sites for hydroxylation is 1. The molecule has 0 bridgehead atoms. The predicted octanol–water partition coefficient (Wildman–Crippen LogP) is 1.82. The van der Waals surface area contributed by atoms with Gasteiger partial charge in [0, 0.05) is 18.9 Å². The summed E-state index contributed by atoms with van der Waals surface area (Å²) in [6.07, 6.45) is 1.02. The molecule has 1 heterocycles. The van der Waals surface area contributed by atoms with Gasteiger partial charge in [-0.15, -0.1) is 0 Å². The first-order valence-electron chi connectivity index (χ1n) is 6.32. The van der Waals surface area contributed by atoms with Gasteiger partial charge in [0.25, 0.3) is 5.69 Å². The number of nitro benzene ring substituents is 1. The Kier molecular flexibility index (Phi) is 4.19. The molecule has 0 amide bonds. The minimum Gasteiger partial charge on any atom is -0.459 e. The van der Waals surface area contributed by atoms with Gasteiger partial charge in [-0.2, -0.15) is 0 Å². The number of esters is 1. The Balaban J connectivity index is 2.22. The van der Waals surface area contributed by atoms with Crippen LogP contribution in [0.4, 0.5) is 11.4 Å². The van der Waals surface area contributed by atoms with Crippen molar-refractivity contribution in [3.05, 3.63) is 33.4 Å². The van der Waals surface area contributed by atoms with Gasteiger partial charge in [-0.05, 0) is 18.6 Å². The van der Waals surface area contributed by atoms with E-state index in [0.29, 0.717) is 31.6 Å². The number of anilines is 1. The van der Waals surface area contributed by atoms with Gasteiger partial charge in [0.05, 0.1) is 23.7 Å². The van der Waals surface area contributed by atoms with Crippen LogP contribution in [0.25, 0.3) is 0 Å². The van der Waals surface area contributed by atoms with Crippen LogP contribution in [0.5, 0.6) is 0 Å². The Bertz CT molecular complexity index is 538. The molecule has 7 nitrogen and oxygen atoms in total. The standard InChI is InChI=1S/C13H16N2O5/c1-8-6-10(12(14)11(7-8)15(17)18)13(16)20-9-2-4-19-5-3-9/h6-7,9H,2-5,14H2,1H3. The lowest BCUT2D eigenvalue weighted by Gasteiger charge is -2.22. The largest absolute Gasteiger partial charge is 0.459 e. The predicted molar refractivity (Wildman–Crippen MR) is 71.5 cm³/mol. The van der Waals surface area contributed by atoms with Gasteiger partial charge in [0.15, 0.2) is 0 Å². The molecule has 2 N–H and O–H groups in total. The molecular formula is C13H16N2O5. The van der Waals surface area contributed by atoms with Crippen LogP contribution in [-0.4, -0.2) is 30.2 Å². The monoisotopic (exact) mass is 280 g/mol. The average Bonchev–Trinajstić information content (AvgIpc) is 2.41. The second kappa shape index (κ2) is 5.87. The van der Waals surface area contributed by atoms with Crippen molar-refractivity contribution >= 4 is 17.3 Å². The van der Waals surface area contributed by atoms with Crippen LogP contribution in [0.15, 0.2) is 12.1 Å². The first-order valence-corrected chi connectivity index (χ1v) is 6.32. The average molecular weight is 280 g/mol. The molecule has 0 atom stereocenters. The Morgan fingerprint density at radius 1 is 1.45 bits per heavy atom. The highest BCUT2D eigenvalue weighted by molar-refractivity contribution is 5.97. The number of rotatable bonds is 3. The van der Waals surface area contributed by atoms with E-state index >= 15 is 0 Å². The summed E-state index contributed by atoms with van der Waals surface area (Å²) in [7, 11) is 0. The molecule has 1 aromatic carbocycles. The van der Waals surface area contributed by atoms with Crippen molar-refractivity contribution in [1.82, 2.24) is 0 Å². The molecule has 0 spiro atoms. The number of ether oxygens (including phenoxy) is 2. The van der Waals surface area contributed by atoms with Crippen molar-refractivity contribution in [3.8, 4) is 0 Å². The van der Waals surface area contributed by atoms with E-state index in [-0.39, 0.29) is 23.0 Å². The van der Waals surface area contributed by atoms with Crippen LogP contribution >= 0.6 is 0 Å². The first kappa shape index (κ1) is 14.3. The van der Waals surface area contributed by atoms with Gasteiger partial charge >= 0.3 is 5.97 Å². The van der Waals surface area contributed by atoms with Gasteiger partial charge < -0.3 is 15.2 Å². The minimum atomic E-state index is -0.624. The van der Waals surface area contributed by atoms with E-state index in [0.717, 1.165) is 0 Å². The highest BCUT2D eigenvalue weighted by Crippen LogP contribution is 2.28. The Labute approximate surface area is 115 Å². The molecule has 0 unspecified atom stereocenters. The molecule has 1 aromatic rings. The lowest BCUT2D eigenvalue weighted by Crippen LogP contribution is -2.26. The zero-order valence-corrected chi connectivity index (χ0v) is 11.1. The molecule has 0 saturated carbocycles. The Morgan fingerprint density at radius 3 is 2.70 bits per heavy atom. The minimum absolute atomic E-state index is 0.0446. The molecule has 7 heteroatoms. The molecule has 0 aromatic heterocycles. The van der Waals surface area contributed by atoms with E-state index in [4.69, 9.17) is 15.2 Å². The molecule has 0 radical (unpaired) electrons. The van der Waals surface area contributed by atoms with Crippen molar-refractivity contribution in [2.45, 2.75) is 25.9 Å².